The van der Waals surface area contributed by atoms with E-state index in [1.165, 1.54) is 5.56 Å². The Labute approximate surface area is 211 Å². The third-order valence-corrected chi connectivity index (χ3v) is 6.90. The highest BCUT2D eigenvalue weighted by molar-refractivity contribution is 6.33. The minimum Gasteiger partial charge on any atom is -0.491 e. The summed E-state index contributed by atoms with van der Waals surface area (Å²) in [7, 11) is 0. The molecule has 5 nitrogen and oxygen atoms in total. The van der Waals surface area contributed by atoms with Gasteiger partial charge in [-0.3, -0.25) is 4.79 Å². The van der Waals surface area contributed by atoms with Crippen LogP contribution in [-0.2, 0) is 16.8 Å². The average Bonchev–Trinajstić information content (AvgIpc) is 3.40. The van der Waals surface area contributed by atoms with Crippen LogP contribution in [0.25, 0.3) is 11.0 Å². The van der Waals surface area contributed by atoms with Crippen molar-refractivity contribution in [3.63, 3.8) is 0 Å². The van der Waals surface area contributed by atoms with Crippen LogP contribution < -0.4 is 9.64 Å². The first-order valence-corrected chi connectivity index (χ1v) is 12.4. The van der Waals surface area contributed by atoms with Crippen molar-refractivity contribution in [2.24, 2.45) is 0 Å². The number of carbonyl (C=O) groups is 1. The number of nitrogens with zero attached hydrogens (tertiary/aromatic N) is 3. The number of para-hydroxylation sites is 4. The van der Waals surface area contributed by atoms with Gasteiger partial charge in [0.05, 0.1) is 28.3 Å². The Morgan fingerprint density at radius 2 is 1.71 bits per heavy atom. The Morgan fingerprint density at radius 3 is 2.51 bits per heavy atom. The molecule has 0 radical (unpaired) electrons. The zero-order valence-electron chi connectivity index (χ0n) is 20.4. The Kier molecular flexibility index (Phi) is 6.28. The van der Waals surface area contributed by atoms with E-state index in [0.717, 1.165) is 28.3 Å². The van der Waals surface area contributed by atoms with Crippen LogP contribution in [0.15, 0.2) is 72.8 Å². The summed E-state index contributed by atoms with van der Waals surface area (Å²) in [5.41, 5.74) is 3.93. The fourth-order valence-corrected chi connectivity index (χ4v) is 5.12. The van der Waals surface area contributed by atoms with Gasteiger partial charge in [0.15, 0.2) is 0 Å². The van der Waals surface area contributed by atoms with Gasteiger partial charge in [-0.1, -0.05) is 74.8 Å². The van der Waals surface area contributed by atoms with Gasteiger partial charge in [0, 0.05) is 18.9 Å². The molecule has 0 aliphatic carbocycles. The van der Waals surface area contributed by atoms with Gasteiger partial charge < -0.3 is 14.2 Å². The standard InChI is InChI=1S/C29H30ClN3O2/c1-29(2,3)21-10-4-9-15-26(21)35-17-16-32-25-14-8-6-12-23(25)31-28(32)20-18-27(34)33(19-20)24-13-7-5-11-22(24)30/h4-15,20H,16-19H2,1-3H3. The maximum absolute atomic E-state index is 13.0. The lowest BCUT2D eigenvalue weighted by Gasteiger charge is -2.23. The molecular weight excluding hydrogens is 458 g/mol. The van der Waals surface area contributed by atoms with Crippen molar-refractivity contribution in [3.05, 3.63) is 89.2 Å². The number of anilines is 1. The zero-order chi connectivity index (χ0) is 24.6. The lowest BCUT2D eigenvalue weighted by molar-refractivity contribution is -0.117. The monoisotopic (exact) mass is 487 g/mol. The molecule has 1 amide bonds. The molecule has 1 aromatic heterocycles. The largest absolute Gasteiger partial charge is 0.491 e. The molecule has 1 aliphatic heterocycles. The molecule has 1 unspecified atom stereocenters. The molecule has 4 aromatic rings. The van der Waals surface area contributed by atoms with E-state index in [1.54, 1.807) is 4.90 Å². The van der Waals surface area contributed by atoms with Crippen molar-refractivity contribution < 1.29 is 9.53 Å². The second kappa shape index (κ2) is 9.38. The van der Waals surface area contributed by atoms with Gasteiger partial charge in [-0.25, -0.2) is 4.98 Å². The second-order valence-corrected chi connectivity index (χ2v) is 10.5. The molecule has 1 atom stereocenters. The molecule has 3 aromatic carbocycles. The van der Waals surface area contributed by atoms with Crippen LogP contribution in [0, 0.1) is 0 Å². The molecule has 0 spiro atoms. The number of aromatic nitrogens is 2. The maximum Gasteiger partial charge on any atom is 0.227 e. The van der Waals surface area contributed by atoms with Gasteiger partial charge in [0.25, 0.3) is 0 Å². The molecule has 1 fully saturated rings. The maximum atomic E-state index is 13.0. The van der Waals surface area contributed by atoms with Gasteiger partial charge >= 0.3 is 0 Å². The van der Waals surface area contributed by atoms with Crippen molar-refractivity contribution in [1.29, 1.82) is 0 Å². The number of hydrogen-bond acceptors (Lipinski definition) is 3. The Hall–Kier alpha value is -3.31. The van der Waals surface area contributed by atoms with Gasteiger partial charge in [0.1, 0.15) is 18.2 Å². The number of amides is 1. The van der Waals surface area contributed by atoms with E-state index in [-0.39, 0.29) is 17.2 Å². The summed E-state index contributed by atoms with van der Waals surface area (Å²) >= 11 is 6.40. The highest BCUT2D eigenvalue weighted by Gasteiger charge is 2.35. The summed E-state index contributed by atoms with van der Waals surface area (Å²) in [5.74, 6) is 1.87. The molecule has 180 valence electrons. The van der Waals surface area contributed by atoms with Crippen LogP contribution >= 0.6 is 11.6 Å². The quantitative estimate of drug-likeness (QED) is 0.308. The number of ether oxygens (including phenoxy) is 1. The van der Waals surface area contributed by atoms with Crippen LogP contribution in [0.5, 0.6) is 5.75 Å². The number of imidazole rings is 1. The second-order valence-electron chi connectivity index (χ2n) is 10.1. The van der Waals surface area contributed by atoms with Gasteiger partial charge in [-0.2, -0.15) is 0 Å². The van der Waals surface area contributed by atoms with Crippen molar-refractivity contribution in [3.8, 4) is 5.75 Å². The molecular formula is C29H30ClN3O2. The van der Waals surface area contributed by atoms with Crippen molar-refractivity contribution in [2.45, 2.75) is 45.1 Å². The van der Waals surface area contributed by atoms with E-state index in [4.69, 9.17) is 21.3 Å². The Morgan fingerprint density at radius 1 is 1.00 bits per heavy atom. The van der Waals surface area contributed by atoms with Gasteiger partial charge in [-0.15, -0.1) is 0 Å². The highest BCUT2D eigenvalue weighted by atomic mass is 35.5. The molecule has 35 heavy (non-hydrogen) atoms. The van der Waals surface area contributed by atoms with Crippen molar-refractivity contribution >= 4 is 34.2 Å². The molecule has 1 saturated heterocycles. The summed E-state index contributed by atoms with van der Waals surface area (Å²) in [6.45, 7) is 8.29. The SMILES string of the molecule is CC(C)(C)c1ccccc1OCCn1c(C2CC(=O)N(c3ccccc3Cl)C2)nc2ccccc21. The summed E-state index contributed by atoms with van der Waals surface area (Å²) in [6, 6.07) is 23.8. The first kappa shape index (κ1) is 23.4. The molecule has 5 rings (SSSR count). The first-order chi connectivity index (χ1) is 16.8. The lowest BCUT2D eigenvalue weighted by Crippen LogP contribution is -2.25. The molecule has 0 bridgehead atoms. The zero-order valence-corrected chi connectivity index (χ0v) is 21.1. The number of fused-ring (bicyclic) bond motifs is 1. The fourth-order valence-electron chi connectivity index (χ4n) is 4.88. The van der Waals surface area contributed by atoms with Crippen LogP contribution in [0.1, 0.15) is 44.5 Å². The molecule has 0 N–H and O–H groups in total. The summed E-state index contributed by atoms with van der Waals surface area (Å²) in [5, 5.41) is 0.584. The smallest absolute Gasteiger partial charge is 0.227 e. The minimum atomic E-state index is -0.0203. The number of benzene rings is 3. The molecule has 1 aliphatic rings. The molecule has 2 heterocycles. The number of carbonyl (C=O) groups excluding carboxylic acids is 1. The lowest BCUT2D eigenvalue weighted by atomic mass is 9.86. The van der Waals surface area contributed by atoms with E-state index in [9.17, 15) is 4.79 Å². The summed E-state index contributed by atoms with van der Waals surface area (Å²) < 4.78 is 8.50. The minimum absolute atomic E-state index is 0.00413. The van der Waals surface area contributed by atoms with Crippen LogP contribution in [0.4, 0.5) is 5.69 Å². The predicted molar refractivity (Wildman–Crippen MR) is 142 cm³/mol. The fraction of sp³-hybridized carbons (Fsp3) is 0.310. The van der Waals surface area contributed by atoms with Gasteiger partial charge in [0.2, 0.25) is 5.91 Å². The average molecular weight is 488 g/mol. The first-order valence-electron chi connectivity index (χ1n) is 12.1. The van der Waals surface area contributed by atoms with Crippen LogP contribution in [-0.4, -0.2) is 28.6 Å². The Bertz CT molecular complexity index is 1370. The topological polar surface area (TPSA) is 47.4 Å². The van der Waals surface area contributed by atoms with E-state index in [0.29, 0.717) is 31.1 Å². The van der Waals surface area contributed by atoms with E-state index in [1.807, 2.05) is 54.6 Å². The van der Waals surface area contributed by atoms with Crippen LogP contribution in [0.2, 0.25) is 5.02 Å². The van der Waals surface area contributed by atoms with E-state index < -0.39 is 0 Å². The van der Waals surface area contributed by atoms with E-state index in [2.05, 4.69) is 43.5 Å². The van der Waals surface area contributed by atoms with Crippen molar-refractivity contribution in [2.75, 3.05) is 18.1 Å². The number of rotatable bonds is 6. The van der Waals surface area contributed by atoms with Crippen molar-refractivity contribution in [1.82, 2.24) is 9.55 Å². The predicted octanol–water partition coefficient (Wildman–Crippen LogP) is 6.59. The van der Waals surface area contributed by atoms with E-state index >= 15 is 0 Å². The highest BCUT2D eigenvalue weighted by Crippen LogP contribution is 2.36. The van der Waals surface area contributed by atoms with Gasteiger partial charge in [-0.05, 0) is 41.3 Å². The third kappa shape index (κ3) is 4.65. The molecule has 0 saturated carbocycles. The summed E-state index contributed by atoms with van der Waals surface area (Å²) in [4.78, 5) is 19.7. The normalized spacial score (nSPS) is 16.3. The Balaban J connectivity index is 1.41. The summed E-state index contributed by atoms with van der Waals surface area (Å²) in [6.07, 6.45) is 0.405. The third-order valence-electron chi connectivity index (χ3n) is 6.59. The number of hydrogen-bond donors (Lipinski definition) is 0. The molecule has 6 heteroatoms. The van der Waals surface area contributed by atoms with Crippen LogP contribution in [0.3, 0.4) is 0 Å². The number of halogens is 1.